The number of benzene rings is 1. The second kappa shape index (κ2) is 8.86. The molecule has 0 saturated heterocycles. The first kappa shape index (κ1) is 17.7. The molecule has 1 heterocycles. The monoisotopic (exact) mass is 328 g/mol. The first-order valence-electron chi connectivity index (χ1n) is 8.13. The van der Waals surface area contributed by atoms with Crippen LogP contribution in [0.2, 0.25) is 0 Å². The number of aromatic nitrogens is 2. The Labute approximate surface area is 142 Å². The van der Waals surface area contributed by atoms with Crippen molar-refractivity contribution in [3.05, 3.63) is 47.4 Å². The number of methoxy groups -OCH3 is 1. The van der Waals surface area contributed by atoms with Crippen molar-refractivity contribution in [1.82, 2.24) is 15.3 Å². The molecule has 1 amide bonds. The minimum absolute atomic E-state index is 0.187. The molecule has 2 rings (SSSR count). The number of rotatable bonds is 8. The predicted octanol–water partition coefficient (Wildman–Crippen LogP) is 2.59. The highest BCUT2D eigenvalue weighted by molar-refractivity contribution is 5.92. The average molecular weight is 328 g/mol. The maximum Gasteiger partial charge on any atom is 0.270 e. The largest absolute Gasteiger partial charge is 0.497 e. The van der Waals surface area contributed by atoms with Crippen LogP contribution in [-0.2, 0) is 6.42 Å². The number of anilines is 1. The van der Waals surface area contributed by atoms with Gasteiger partial charge in [-0.15, -0.1) is 0 Å². The number of hydrogen-bond donors (Lipinski definition) is 2. The van der Waals surface area contributed by atoms with Crippen LogP contribution in [0.25, 0.3) is 0 Å². The first-order chi connectivity index (χ1) is 11.6. The fraction of sp³-hybridized carbons (Fsp3) is 0.389. The third-order valence-corrected chi connectivity index (χ3v) is 3.48. The van der Waals surface area contributed by atoms with Crippen molar-refractivity contribution in [2.75, 3.05) is 25.5 Å². The lowest BCUT2D eigenvalue weighted by Crippen LogP contribution is -2.27. The van der Waals surface area contributed by atoms with Crippen LogP contribution in [0.1, 0.15) is 35.2 Å². The topological polar surface area (TPSA) is 76.1 Å². The summed E-state index contributed by atoms with van der Waals surface area (Å²) in [4.78, 5) is 20.8. The summed E-state index contributed by atoms with van der Waals surface area (Å²) in [5.41, 5.74) is 1.52. The Morgan fingerprint density at radius 1 is 1.17 bits per heavy atom. The van der Waals surface area contributed by atoms with Gasteiger partial charge in [0.1, 0.15) is 23.1 Å². The molecule has 2 aromatic rings. The number of hydrogen-bond acceptors (Lipinski definition) is 5. The Morgan fingerprint density at radius 2 is 1.92 bits per heavy atom. The van der Waals surface area contributed by atoms with Crippen molar-refractivity contribution >= 4 is 11.7 Å². The molecule has 0 aliphatic heterocycles. The van der Waals surface area contributed by atoms with Gasteiger partial charge in [0.15, 0.2) is 0 Å². The number of carbonyl (C=O) groups excluding carboxylic acids is 1. The molecule has 0 unspecified atom stereocenters. The van der Waals surface area contributed by atoms with E-state index >= 15 is 0 Å². The van der Waals surface area contributed by atoms with Crippen LogP contribution < -0.4 is 15.4 Å². The van der Waals surface area contributed by atoms with Gasteiger partial charge in [0.05, 0.1) is 7.11 Å². The highest BCUT2D eigenvalue weighted by Crippen LogP contribution is 2.11. The molecule has 24 heavy (non-hydrogen) atoms. The minimum Gasteiger partial charge on any atom is -0.497 e. The summed E-state index contributed by atoms with van der Waals surface area (Å²) < 4.78 is 5.13. The molecule has 0 aliphatic rings. The highest BCUT2D eigenvalue weighted by Gasteiger charge is 2.10. The minimum atomic E-state index is -0.187. The van der Waals surface area contributed by atoms with Crippen molar-refractivity contribution in [3.63, 3.8) is 0 Å². The van der Waals surface area contributed by atoms with E-state index in [1.165, 1.54) is 0 Å². The van der Waals surface area contributed by atoms with Crippen LogP contribution in [0, 0.1) is 6.92 Å². The first-order valence-corrected chi connectivity index (χ1v) is 8.13. The Balaban J connectivity index is 1.90. The van der Waals surface area contributed by atoms with E-state index in [1.807, 2.05) is 24.3 Å². The van der Waals surface area contributed by atoms with Crippen molar-refractivity contribution in [2.24, 2.45) is 0 Å². The third kappa shape index (κ3) is 5.22. The van der Waals surface area contributed by atoms with Crippen LogP contribution in [-0.4, -0.2) is 36.1 Å². The molecule has 0 saturated carbocycles. The smallest absolute Gasteiger partial charge is 0.270 e. The summed E-state index contributed by atoms with van der Waals surface area (Å²) in [6.45, 7) is 5.22. The van der Waals surface area contributed by atoms with E-state index in [1.54, 1.807) is 20.1 Å². The molecular formula is C18H24N4O2. The molecule has 6 heteroatoms. The third-order valence-electron chi connectivity index (χ3n) is 3.48. The maximum absolute atomic E-state index is 12.3. The van der Waals surface area contributed by atoms with Gasteiger partial charge in [-0.3, -0.25) is 4.79 Å². The molecule has 1 aromatic heterocycles. The van der Waals surface area contributed by atoms with Gasteiger partial charge in [-0.1, -0.05) is 19.1 Å². The zero-order valence-corrected chi connectivity index (χ0v) is 14.4. The van der Waals surface area contributed by atoms with Gasteiger partial charge in [0, 0.05) is 19.2 Å². The lowest BCUT2D eigenvalue weighted by atomic mass is 10.1. The van der Waals surface area contributed by atoms with E-state index < -0.39 is 0 Å². The molecule has 0 bridgehead atoms. The van der Waals surface area contributed by atoms with E-state index in [4.69, 9.17) is 4.74 Å². The zero-order chi connectivity index (χ0) is 17.4. The summed E-state index contributed by atoms with van der Waals surface area (Å²) in [5, 5.41) is 6.08. The van der Waals surface area contributed by atoms with Crippen LogP contribution >= 0.6 is 0 Å². The summed E-state index contributed by atoms with van der Waals surface area (Å²) >= 11 is 0. The fourth-order valence-corrected chi connectivity index (χ4v) is 2.23. The number of nitrogens with one attached hydrogen (secondary N) is 2. The molecule has 0 radical (unpaired) electrons. The fourth-order valence-electron chi connectivity index (χ4n) is 2.23. The van der Waals surface area contributed by atoms with E-state index in [9.17, 15) is 4.79 Å². The summed E-state index contributed by atoms with van der Waals surface area (Å²) in [7, 11) is 1.64. The van der Waals surface area contributed by atoms with E-state index in [-0.39, 0.29) is 5.91 Å². The van der Waals surface area contributed by atoms with Crippen LogP contribution in [0.3, 0.4) is 0 Å². The Hall–Kier alpha value is -2.63. The van der Waals surface area contributed by atoms with Crippen molar-refractivity contribution in [3.8, 4) is 5.75 Å². The Bertz CT molecular complexity index is 671. The number of amides is 1. The predicted molar refractivity (Wildman–Crippen MR) is 94.6 cm³/mol. The Kier molecular flexibility index (Phi) is 6.54. The van der Waals surface area contributed by atoms with Gasteiger partial charge in [0.2, 0.25) is 0 Å². The summed E-state index contributed by atoms with van der Waals surface area (Å²) in [6.07, 6.45) is 1.74. The van der Waals surface area contributed by atoms with Gasteiger partial charge in [-0.25, -0.2) is 9.97 Å². The Morgan fingerprint density at radius 3 is 2.58 bits per heavy atom. The molecular weight excluding hydrogens is 304 g/mol. The van der Waals surface area contributed by atoms with Crippen LogP contribution in [0.5, 0.6) is 5.75 Å². The van der Waals surface area contributed by atoms with E-state index in [0.29, 0.717) is 23.9 Å². The lowest BCUT2D eigenvalue weighted by molar-refractivity contribution is 0.0949. The highest BCUT2D eigenvalue weighted by atomic mass is 16.5. The molecule has 0 aliphatic carbocycles. The summed E-state index contributed by atoms with van der Waals surface area (Å²) in [6, 6.07) is 9.50. The SMILES string of the molecule is CCCNc1cc(C(=O)NCCc2ccc(OC)cc2)nc(C)n1. The zero-order valence-electron chi connectivity index (χ0n) is 14.4. The normalized spacial score (nSPS) is 10.3. The van der Waals surface area contributed by atoms with Gasteiger partial charge in [-0.05, 0) is 37.5 Å². The van der Waals surface area contributed by atoms with Crippen molar-refractivity contribution in [2.45, 2.75) is 26.7 Å². The number of carbonyl (C=O) groups is 1. The van der Waals surface area contributed by atoms with Gasteiger partial charge < -0.3 is 15.4 Å². The molecule has 128 valence electrons. The van der Waals surface area contributed by atoms with Gasteiger partial charge in [-0.2, -0.15) is 0 Å². The standard InChI is InChI=1S/C18H24N4O2/c1-4-10-19-17-12-16(21-13(2)22-17)18(23)20-11-9-14-5-7-15(24-3)8-6-14/h5-8,12H,4,9-11H2,1-3H3,(H,20,23)(H,19,21,22). The molecule has 0 fully saturated rings. The quantitative estimate of drug-likeness (QED) is 0.779. The van der Waals surface area contributed by atoms with E-state index in [2.05, 4.69) is 27.5 Å². The second-order valence-electron chi connectivity index (χ2n) is 5.47. The average Bonchev–Trinajstić information content (AvgIpc) is 2.60. The molecule has 6 nitrogen and oxygen atoms in total. The molecule has 0 spiro atoms. The van der Waals surface area contributed by atoms with Crippen LogP contribution in [0.4, 0.5) is 5.82 Å². The number of nitrogens with zero attached hydrogens (tertiary/aromatic N) is 2. The molecule has 1 aromatic carbocycles. The summed E-state index contributed by atoms with van der Waals surface area (Å²) in [5.74, 6) is 1.90. The lowest BCUT2D eigenvalue weighted by Gasteiger charge is -2.09. The molecule has 0 atom stereocenters. The maximum atomic E-state index is 12.3. The number of ether oxygens (including phenoxy) is 1. The van der Waals surface area contributed by atoms with E-state index in [0.717, 1.165) is 30.7 Å². The van der Waals surface area contributed by atoms with Gasteiger partial charge >= 0.3 is 0 Å². The van der Waals surface area contributed by atoms with Gasteiger partial charge in [0.25, 0.3) is 5.91 Å². The molecule has 2 N–H and O–H groups in total. The number of aryl methyl sites for hydroxylation is 1. The van der Waals surface area contributed by atoms with Crippen LogP contribution in [0.15, 0.2) is 30.3 Å². The van der Waals surface area contributed by atoms with Crippen molar-refractivity contribution in [1.29, 1.82) is 0 Å². The van der Waals surface area contributed by atoms with Crippen molar-refractivity contribution < 1.29 is 9.53 Å². The second-order valence-corrected chi connectivity index (χ2v) is 5.47.